The zero-order chi connectivity index (χ0) is 20.3. The van der Waals surface area contributed by atoms with E-state index >= 15 is 0 Å². The first-order valence-corrected chi connectivity index (χ1v) is 10.5. The van der Waals surface area contributed by atoms with Gasteiger partial charge < -0.3 is 15.0 Å². The number of hydrogen-bond donors (Lipinski definition) is 1. The number of carbonyl (C=O) groups is 2. The lowest BCUT2D eigenvalue weighted by Gasteiger charge is -2.34. The summed E-state index contributed by atoms with van der Waals surface area (Å²) in [6.07, 6.45) is -1.04. The molecule has 2 aromatic carbocycles. The quantitative estimate of drug-likeness (QED) is 0.822. The average Bonchev–Trinajstić information content (AvgIpc) is 2.71. The Morgan fingerprint density at radius 3 is 2.50 bits per heavy atom. The summed E-state index contributed by atoms with van der Waals surface area (Å²) >= 11 is 0. The normalized spacial score (nSPS) is 16.1. The molecule has 0 spiro atoms. The van der Waals surface area contributed by atoms with E-state index in [1.165, 1.54) is 11.9 Å². The molecule has 0 aromatic heterocycles. The highest BCUT2D eigenvalue weighted by molar-refractivity contribution is 7.91. The van der Waals surface area contributed by atoms with E-state index in [0.29, 0.717) is 11.4 Å². The van der Waals surface area contributed by atoms with Crippen LogP contribution in [0.15, 0.2) is 53.4 Å². The van der Waals surface area contributed by atoms with E-state index in [2.05, 4.69) is 5.32 Å². The Labute approximate surface area is 164 Å². The molecule has 1 atom stereocenters. The summed E-state index contributed by atoms with van der Waals surface area (Å²) in [4.78, 5) is 26.4. The third-order valence-corrected chi connectivity index (χ3v) is 6.31. The van der Waals surface area contributed by atoms with Gasteiger partial charge in [-0.1, -0.05) is 29.8 Å². The number of fused-ring (bicyclic) bond motifs is 1. The maximum Gasteiger partial charge on any atom is 0.262 e. The molecule has 1 heterocycles. The predicted octanol–water partition coefficient (Wildman–Crippen LogP) is 1.70. The first kappa shape index (κ1) is 19.9. The highest BCUT2D eigenvalue weighted by Crippen LogP contribution is 2.33. The first-order valence-electron chi connectivity index (χ1n) is 8.89. The van der Waals surface area contributed by atoms with E-state index < -0.39 is 15.9 Å². The second kappa shape index (κ2) is 8.02. The first-order chi connectivity index (χ1) is 13.3. The van der Waals surface area contributed by atoms with Crippen LogP contribution in [0.2, 0.25) is 0 Å². The largest absolute Gasteiger partial charge is 0.477 e. The number of anilines is 1. The third kappa shape index (κ3) is 4.17. The maximum absolute atomic E-state index is 12.8. The molecular weight excluding hydrogens is 380 g/mol. The lowest BCUT2D eigenvalue weighted by Crippen LogP contribution is -2.50. The van der Waals surface area contributed by atoms with Crippen LogP contribution in [-0.2, 0) is 19.4 Å². The van der Waals surface area contributed by atoms with Crippen LogP contribution in [0.25, 0.3) is 0 Å². The molecule has 0 bridgehead atoms. The van der Waals surface area contributed by atoms with Gasteiger partial charge in [0.05, 0.1) is 22.9 Å². The van der Waals surface area contributed by atoms with Crippen LogP contribution in [0.1, 0.15) is 12.0 Å². The van der Waals surface area contributed by atoms with Gasteiger partial charge >= 0.3 is 0 Å². The number of para-hydroxylation sites is 2. The van der Waals surface area contributed by atoms with E-state index in [1.54, 1.807) is 48.5 Å². The molecule has 7 nitrogen and oxygen atoms in total. The SMILES string of the molecule is CNC(=O)[C@@H]1CN(C(=O)CCS(=O)(=O)c2ccc(C)cc2)c2ccccc2O1. The Bertz CT molecular complexity index is 986. The van der Waals surface area contributed by atoms with Crippen molar-refractivity contribution in [3.8, 4) is 5.75 Å². The van der Waals surface area contributed by atoms with E-state index in [-0.39, 0.29) is 35.4 Å². The average molecular weight is 402 g/mol. The summed E-state index contributed by atoms with van der Waals surface area (Å²) in [5.41, 5.74) is 1.49. The van der Waals surface area contributed by atoms with Gasteiger partial charge in [0.1, 0.15) is 5.75 Å². The van der Waals surface area contributed by atoms with Gasteiger partial charge in [0, 0.05) is 13.5 Å². The van der Waals surface area contributed by atoms with Crippen molar-refractivity contribution in [1.29, 1.82) is 0 Å². The molecule has 1 N–H and O–H groups in total. The number of hydrogen-bond acceptors (Lipinski definition) is 5. The second-order valence-electron chi connectivity index (χ2n) is 6.57. The van der Waals surface area contributed by atoms with E-state index in [9.17, 15) is 18.0 Å². The molecule has 8 heteroatoms. The maximum atomic E-state index is 12.8. The van der Waals surface area contributed by atoms with Crippen molar-refractivity contribution in [1.82, 2.24) is 5.32 Å². The van der Waals surface area contributed by atoms with Gasteiger partial charge in [-0.25, -0.2) is 8.42 Å². The van der Waals surface area contributed by atoms with Crippen molar-refractivity contribution in [3.05, 3.63) is 54.1 Å². The molecule has 148 valence electrons. The Balaban J connectivity index is 1.77. The zero-order valence-electron chi connectivity index (χ0n) is 15.7. The molecule has 28 heavy (non-hydrogen) atoms. The third-order valence-electron chi connectivity index (χ3n) is 4.58. The molecule has 0 aliphatic carbocycles. The Morgan fingerprint density at radius 1 is 1.14 bits per heavy atom. The molecule has 0 radical (unpaired) electrons. The van der Waals surface area contributed by atoms with E-state index in [1.807, 2.05) is 6.92 Å². The van der Waals surface area contributed by atoms with Gasteiger partial charge in [0.15, 0.2) is 15.9 Å². The summed E-state index contributed by atoms with van der Waals surface area (Å²) in [6.45, 7) is 1.90. The number of amides is 2. The van der Waals surface area contributed by atoms with Gasteiger partial charge in [-0.3, -0.25) is 9.59 Å². The van der Waals surface area contributed by atoms with Crippen LogP contribution >= 0.6 is 0 Å². The lowest BCUT2D eigenvalue weighted by molar-refractivity contribution is -0.127. The fourth-order valence-electron chi connectivity index (χ4n) is 2.99. The van der Waals surface area contributed by atoms with E-state index in [0.717, 1.165) is 5.56 Å². The van der Waals surface area contributed by atoms with Gasteiger partial charge in [-0.15, -0.1) is 0 Å². The predicted molar refractivity (Wildman–Crippen MR) is 105 cm³/mol. The number of rotatable bonds is 5. The summed E-state index contributed by atoms with van der Waals surface area (Å²) < 4.78 is 30.7. The van der Waals surface area contributed by atoms with Crippen LogP contribution in [-0.4, -0.2) is 45.7 Å². The number of sulfone groups is 1. The highest BCUT2D eigenvalue weighted by atomic mass is 32.2. The molecule has 0 saturated carbocycles. The molecule has 2 amide bonds. The molecule has 1 aliphatic heterocycles. The van der Waals surface area contributed by atoms with Gasteiger partial charge in [-0.05, 0) is 31.2 Å². The monoisotopic (exact) mass is 402 g/mol. The number of likely N-dealkylation sites (N-methyl/N-ethyl adjacent to an activating group) is 1. The fourth-order valence-corrected chi connectivity index (χ4v) is 4.22. The molecule has 0 fully saturated rings. The fraction of sp³-hybridized carbons (Fsp3) is 0.300. The van der Waals surface area contributed by atoms with Crippen molar-refractivity contribution >= 4 is 27.3 Å². The minimum atomic E-state index is -3.58. The second-order valence-corrected chi connectivity index (χ2v) is 8.68. The smallest absolute Gasteiger partial charge is 0.262 e. The number of nitrogens with one attached hydrogen (secondary N) is 1. The van der Waals surface area contributed by atoms with Gasteiger partial charge in [-0.2, -0.15) is 0 Å². The van der Waals surface area contributed by atoms with Crippen molar-refractivity contribution < 1.29 is 22.7 Å². The number of carbonyl (C=O) groups excluding carboxylic acids is 2. The van der Waals surface area contributed by atoms with Crippen LogP contribution in [0.3, 0.4) is 0 Å². The zero-order valence-corrected chi connectivity index (χ0v) is 16.5. The molecule has 2 aromatic rings. The number of benzene rings is 2. The Morgan fingerprint density at radius 2 is 1.82 bits per heavy atom. The van der Waals surface area contributed by atoms with Crippen LogP contribution < -0.4 is 15.0 Å². The van der Waals surface area contributed by atoms with Crippen molar-refractivity contribution in [2.24, 2.45) is 0 Å². The molecular formula is C20H22N2O5S. The lowest BCUT2D eigenvalue weighted by atomic mass is 10.1. The van der Waals surface area contributed by atoms with E-state index in [4.69, 9.17) is 4.74 Å². The molecule has 1 aliphatic rings. The topological polar surface area (TPSA) is 92.8 Å². The summed E-state index contributed by atoms with van der Waals surface area (Å²) in [5, 5.41) is 2.51. The molecule has 0 unspecified atom stereocenters. The number of ether oxygens (including phenoxy) is 1. The van der Waals surface area contributed by atoms with Gasteiger partial charge in [0.25, 0.3) is 5.91 Å². The summed E-state index contributed by atoms with van der Waals surface area (Å²) in [6, 6.07) is 13.4. The summed E-state index contributed by atoms with van der Waals surface area (Å²) in [5.74, 6) is -0.615. The Hall–Kier alpha value is -2.87. The Kier molecular flexibility index (Phi) is 5.69. The number of nitrogens with zero attached hydrogens (tertiary/aromatic N) is 1. The van der Waals surface area contributed by atoms with Crippen molar-refractivity contribution in [2.45, 2.75) is 24.3 Å². The highest BCUT2D eigenvalue weighted by Gasteiger charge is 2.33. The molecule has 0 saturated heterocycles. The van der Waals surface area contributed by atoms with Gasteiger partial charge in [0.2, 0.25) is 5.91 Å². The van der Waals surface area contributed by atoms with Crippen LogP contribution in [0.5, 0.6) is 5.75 Å². The number of aryl methyl sites for hydroxylation is 1. The standard InChI is InChI=1S/C20H22N2O5S/c1-14-7-9-15(10-8-14)28(25,26)12-11-19(23)22-13-18(20(24)21-2)27-17-6-4-3-5-16(17)22/h3-10,18H,11-13H2,1-2H3,(H,21,24)/t18-/m0/s1. The minimum Gasteiger partial charge on any atom is -0.477 e. The summed E-state index contributed by atoms with van der Waals surface area (Å²) in [7, 11) is -2.09. The minimum absolute atomic E-state index is 0.0279. The van der Waals surface area contributed by atoms with Crippen LogP contribution in [0, 0.1) is 6.92 Å². The van der Waals surface area contributed by atoms with Crippen molar-refractivity contribution in [3.63, 3.8) is 0 Å². The van der Waals surface area contributed by atoms with Crippen LogP contribution in [0.4, 0.5) is 5.69 Å². The molecule has 3 rings (SSSR count). The van der Waals surface area contributed by atoms with Crippen molar-refractivity contribution in [2.75, 3.05) is 24.2 Å².